The Morgan fingerprint density at radius 2 is 2.53 bits per heavy atom. The minimum atomic E-state index is -0.271. The molecule has 94 valence electrons. The van der Waals surface area contributed by atoms with Gasteiger partial charge in [-0.3, -0.25) is 4.79 Å². The summed E-state index contributed by atoms with van der Waals surface area (Å²) in [6, 6.07) is 0. The normalized spacial score (nSPS) is 20.6. The molecule has 1 atom stereocenters. The Kier molecular flexibility index (Phi) is 4.02. The number of aromatic nitrogens is 2. The SMILES string of the molecule is CNCC1CCCN(c2nc[nH]c(=O)c2Cl)C1. The minimum Gasteiger partial charge on any atom is -0.355 e. The summed E-state index contributed by atoms with van der Waals surface area (Å²) in [6.45, 7) is 2.80. The zero-order chi connectivity index (χ0) is 12.3. The van der Waals surface area contributed by atoms with Crippen LogP contribution in [0.2, 0.25) is 5.02 Å². The van der Waals surface area contributed by atoms with Crippen molar-refractivity contribution in [2.45, 2.75) is 12.8 Å². The standard InChI is InChI=1S/C11H17ClN4O/c1-13-5-8-3-2-4-16(6-8)10-9(12)11(17)15-7-14-10/h7-8,13H,2-6H2,1H3,(H,14,15,17). The van der Waals surface area contributed by atoms with E-state index in [4.69, 9.17) is 11.6 Å². The van der Waals surface area contributed by atoms with Crippen molar-refractivity contribution in [2.24, 2.45) is 5.92 Å². The van der Waals surface area contributed by atoms with E-state index in [1.807, 2.05) is 7.05 Å². The van der Waals surface area contributed by atoms with E-state index in [1.54, 1.807) is 0 Å². The Morgan fingerprint density at radius 1 is 1.71 bits per heavy atom. The molecule has 1 unspecified atom stereocenters. The van der Waals surface area contributed by atoms with Crippen LogP contribution in [0, 0.1) is 5.92 Å². The first-order valence-electron chi connectivity index (χ1n) is 5.85. The van der Waals surface area contributed by atoms with E-state index in [2.05, 4.69) is 20.2 Å². The highest BCUT2D eigenvalue weighted by atomic mass is 35.5. The third kappa shape index (κ3) is 2.79. The molecule has 17 heavy (non-hydrogen) atoms. The Morgan fingerprint density at radius 3 is 3.29 bits per heavy atom. The minimum absolute atomic E-state index is 0.192. The fourth-order valence-electron chi connectivity index (χ4n) is 2.31. The predicted octanol–water partition coefficient (Wildman–Crippen LogP) is 0.859. The molecule has 0 spiro atoms. The van der Waals surface area contributed by atoms with Crippen LogP contribution in [0.25, 0.3) is 0 Å². The van der Waals surface area contributed by atoms with Gasteiger partial charge in [-0.1, -0.05) is 11.6 Å². The zero-order valence-electron chi connectivity index (χ0n) is 9.87. The third-order valence-electron chi connectivity index (χ3n) is 3.09. The molecular weight excluding hydrogens is 240 g/mol. The Balaban J connectivity index is 2.16. The van der Waals surface area contributed by atoms with Crippen molar-refractivity contribution in [3.8, 4) is 0 Å². The van der Waals surface area contributed by atoms with Gasteiger partial charge in [-0.2, -0.15) is 0 Å². The molecule has 1 aliphatic rings. The van der Waals surface area contributed by atoms with Crippen LogP contribution in [0.3, 0.4) is 0 Å². The summed E-state index contributed by atoms with van der Waals surface area (Å²) in [5, 5.41) is 3.38. The van der Waals surface area contributed by atoms with Crippen molar-refractivity contribution in [1.82, 2.24) is 15.3 Å². The molecule has 1 saturated heterocycles. The third-order valence-corrected chi connectivity index (χ3v) is 3.43. The van der Waals surface area contributed by atoms with Crippen molar-refractivity contribution in [3.05, 3.63) is 21.7 Å². The van der Waals surface area contributed by atoms with E-state index in [9.17, 15) is 4.79 Å². The lowest BCUT2D eigenvalue weighted by Gasteiger charge is -2.33. The predicted molar refractivity (Wildman–Crippen MR) is 68.7 cm³/mol. The Hall–Kier alpha value is -1.07. The zero-order valence-corrected chi connectivity index (χ0v) is 10.6. The number of piperidine rings is 1. The lowest BCUT2D eigenvalue weighted by atomic mass is 9.98. The first-order valence-corrected chi connectivity index (χ1v) is 6.23. The lowest BCUT2D eigenvalue weighted by Crippen LogP contribution is -2.40. The van der Waals surface area contributed by atoms with Crippen molar-refractivity contribution in [2.75, 3.05) is 31.6 Å². The van der Waals surface area contributed by atoms with E-state index in [-0.39, 0.29) is 10.6 Å². The second-order valence-corrected chi connectivity index (χ2v) is 4.76. The highest BCUT2D eigenvalue weighted by Gasteiger charge is 2.22. The molecule has 6 heteroatoms. The van der Waals surface area contributed by atoms with Gasteiger partial charge in [0.05, 0.1) is 6.33 Å². The van der Waals surface area contributed by atoms with Gasteiger partial charge in [0.1, 0.15) is 5.02 Å². The molecule has 5 nitrogen and oxygen atoms in total. The molecule has 2 heterocycles. The molecule has 1 fully saturated rings. The summed E-state index contributed by atoms with van der Waals surface area (Å²) < 4.78 is 0. The van der Waals surface area contributed by atoms with Crippen LogP contribution in [0.15, 0.2) is 11.1 Å². The number of hydrogen-bond acceptors (Lipinski definition) is 4. The van der Waals surface area contributed by atoms with Gasteiger partial charge in [0.25, 0.3) is 5.56 Å². The summed E-state index contributed by atoms with van der Waals surface area (Å²) in [6.07, 6.45) is 3.72. The molecule has 1 aliphatic heterocycles. The largest absolute Gasteiger partial charge is 0.355 e. The van der Waals surface area contributed by atoms with Crippen LogP contribution in [-0.4, -0.2) is 36.6 Å². The van der Waals surface area contributed by atoms with Gasteiger partial charge in [0.15, 0.2) is 5.82 Å². The second kappa shape index (κ2) is 5.51. The van der Waals surface area contributed by atoms with Crippen LogP contribution in [0.4, 0.5) is 5.82 Å². The van der Waals surface area contributed by atoms with E-state index in [0.29, 0.717) is 11.7 Å². The first kappa shape index (κ1) is 12.4. The average molecular weight is 257 g/mol. The molecule has 2 rings (SSSR count). The molecule has 1 aromatic heterocycles. The molecule has 0 bridgehead atoms. The number of nitrogens with one attached hydrogen (secondary N) is 2. The van der Waals surface area contributed by atoms with Gasteiger partial charge < -0.3 is 15.2 Å². The number of aromatic amines is 1. The summed E-state index contributed by atoms with van der Waals surface area (Å²) in [5.74, 6) is 1.20. The van der Waals surface area contributed by atoms with E-state index in [1.165, 1.54) is 12.7 Å². The van der Waals surface area contributed by atoms with Crippen molar-refractivity contribution < 1.29 is 0 Å². The summed E-state index contributed by atoms with van der Waals surface area (Å²) >= 11 is 5.99. The maximum absolute atomic E-state index is 11.4. The average Bonchev–Trinajstić information content (AvgIpc) is 2.33. The van der Waals surface area contributed by atoms with E-state index in [0.717, 1.165) is 26.1 Å². The molecule has 0 amide bonds. The van der Waals surface area contributed by atoms with Gasteiger partial charge >= 0.3 is 0 Å². The summed E-state index contributed by atoms with van der Waals surface area (Å²) in [4.78, 5) is 20.2. The van der Waals surface area contributed by atoms with Crippen LogP contribution in [0.5, 0.6) is 0 Å². The topological polar surface area (TPSA) is 61.0 Å². The summed E-state index contributed by atoms with van der Waals surface area (Å²) in [5.41, 5.74) is -0.271. The first-order chi connectivity index (χ1) is 8.22. The lowest BCUT2D eigenvalue weighted by molar-refractivity contribution is 0.401. The fraction of sp³-hybridized carbons (Fsp3) is 0.636. The van der Waals surface area contributed by atoms with Crippen molar-refractivity contribution >= 4 is 17.4 Å². The molecular formula is C11H17ClN4O. The summed E-state index contributed by atoms with van der Waals surface area (Å²) in [7, 11) is 1.96. The van der Waals surface area contributed by atoms with E-state index >= 15 is 0 Å². The fourth-order valence-corrected chi connectivity index (χ4v) is 2.53. The smallest absolute Gasteiger partial charge is 0.271 e. The molecule has 0 aliphatic carbocycles. The quantitative estimate of drug-likeness (QED) is 0.842. The maximum atomic E-state index is 11.4. The Labute approximate surface area is 105 Å². The molecule has 0 aromatic carbocycles. The molecule has 2 N–H and O–H groups in total. The number of rotatable bonds is 3. The van der Waals surface area contributed by atoms with Gasteiger partial charge in [-0.25, -0.2) is 4.98 Å². The maximum Gasteiger partial charge on any atom is 0.271 e. The Bertz CT molecular complexity index is 432. The second-order valence-electron chi connectivity index (χ2n) is 4.38. The number of halogens is 1. The van der Waals surface area contributed by atoms with Crippen LogP contribution in [-0.2, 0) is 0 Å². The number of H-pyrrole nitrogens is 1. The van der Waals surface area contributed by atoms with Gasteiger partial charge in [-0.15, -0.1) is 0 Å². The van der Waals surface area contributed by atoms with Gasteiger partial charge in [-0.05, 0) is 32.4 Å². The van der Waals surface area contributed by atoms with Gasteiger partial charge in [0.2, 0.25) is 0 Å². The number of hydrogen-bond donors (Lipinski definition) is 2. The van der Waals surface area contributed by atoms with Crippen LogP contribution in [0.1, 0.15) is 12.8 Å². The molecule has 1 aromatic rings. The molecule has 0 radical (unpaired) electrons. The monoisotopic (exact) mass is 256 g/mol. The van der Waals surface area contributed by atoms with E-state index < -0.39 is 0 Å². The number of nitrogens with zero attached hydrogens (tertiary/aromatic N) is 2. The van der Waals surface area contributed by atoms with Crippen molar-refractivity contribution in [3.63, 3.8) is 0 Å². The van der Waals surface area contributed by atoms with Crippen LogP contribution < -0.4 is 15.8 Å². The number of anilines is 1. The highest BCUT2D eigenvalue weighted by molar-refractivity contribution is 6.32. The van der Waals surface area contributed by atoms with Gasteiger partial charge in [0, 0.05) is 13.1 Å². The molecule has 0 saturated carbocycles. The van der Waals surface area contributed by atoms with Crippen molar-refractivity contribution in [1.29, 1.82) is 0 Å². The van der Waals surface area contributed by atoms with Crippen LogP contribution >= 0.6 is 11.6 Å². The highest BCUT2D eigenvalue weighted by Crippen LogP contribution is 2.24.